The van der Waals surface area contributed by atoms with Crippen LogP contribution in [-0.4, -0.2) is 30.2 Å². The first kappa shape index (κ1) is 6.32. The minimum atomic E-state index is 0.126. The van der Waals surface area contributed by atoms with Crippen molar-refractivity contribution in [3.8, 4) is 12.5 Å². The monoisotopic (exact) mass is 99.1 g/mol. The maximum atomic E-state index is 8.23. The predicted molar refractivity (Wildman–Crippen MR) is 28.5 cm³/mol. The Kier molecular flexibility index (Phi) is 3.17. The van der Waals surface area contributed by atoms with Crippen molar-refractivity contribution in [1.82, 2.24) is 4.90 Å². The first-order valence-corrected chi connectivity index (χ1v) is 2.09. The van der Waals surface area contributed by atoms with Crippen LogP contribution in [-0.2, 0) is 0 Å². The van der Waals surface area contributed by atoms with Crippen molar-refractivity contribution in [3.05, 3.63) is 0 Å². The lowest BCUT2D eigenvalue weighted by Crippen LogP contribution is -2.15. The van der Waals surface area contributed by atoms with Crippen LogP contribution >= 0.6 is 0 Å². The van der Waals surface area contributed by atoms with E-state index in [2.05, 4.69) is 6.04 Å². The average Bonchev–Trinajstić information content (AvgIpc) is 1.68. The molecule has 0 saturated carbocycles. The molecule has 0 heterocycles. The molecule has 0 aliphatic rings. The van der Waals surface area contributed by atoms with Gasteiger partial charge in [0.1, 0.15) is 0 Å². The zero-order chi connectivity index (χ0) is 5.70. The molecule has 0 atom stereocenters. The normalized spacial score (nSPS) is 7.57. The number of likely N-dealkylation sites (N-methyl/N-ethyl adjacent to an activating group) is 1. The number of nitrogens with zero attached hydrogens (tertiary/aromatic N) is 1. The van der Waals surface area contributed by atoms with E-state index in [0.717, 1.165) is 0 Å². The summed E-state index contributed by atoms with van der Waals surface area (Å²) in [5.41, 5.74) is 0. The molecular formula is C5H9NO. The first-order valence-electron chi connectivity index (χ1n) is 2.09. The van der Waals surface area contributed by atoms with E-state index < -0.39 is 0 Å². The molecule has 7 heavy (non-hydrogen) atoms. The lowest BCUT2D eigenvalue weighted by molar-refractivity contribution is 0.259. The van der Waals surface area contributed by atoms with Crippen LogP contribution in [0.25, 0.3) is 0 Å². The fraction of sp³-hybridized carbons (Fsp3) is 0.600. The van der Waals surface area contributed by atoms with Gasteiger partial charge in [0.15, 0.2) is 0 Å². The summed E-state index contributed by atoms with van der Waals surface area (Å²) >= 11 is 0. The number of hydrogen-bond donors (Lipinski definition) is 1. The minimum Gasteiger partial charge on any atom is -0.395 e. The van der Waals surface area contributed by atoms with Crippen LogP contribution < -0.4 is 0 Å². The van der Waals surface area contributed by atoms with Crippen LogP contribution in [0, 0.1) is 12.5 Å². The van der Waals surface area contributed by atoms with E-state index in [1.807, 2.05) is 0 Å². The highest BCUT2D eigenvalue weighted by atomic mass is 16.3. The van der Waals surface area contributed by atoms with Gasteiger partial charge in [-0.05, 0) is 0 Å². The van der Waals surface area contributed by atoms with E-state index in [1.54, 1.807) is 11.9 Å². The molecule has 0 aromatic carbocycles. The molecule has 0 unspecified atom stereocenters. The maximum absolute atomic E-state index is 8.23. The van der Waals surface area contributed by atoms with Crippen molar-refractivity contribution in [2.75, 3.05) is 20.2 Å². The standard InChI is InChI=1S/C5H9NO/c1-3-6(2)4-5-7/h1,7H,4-5H2,2H3. The summed E-state index contributed by atoms with van der Waals surface area (Å²) in [5.74, 6) is 0. The topological polar surface area (TPSA) is 23.5 Å². The smallest absolute Gasteiger partial charge is 0.0613 e. The highest BCUT2D eigenvalue weighted by Crippen LogP contribution is 1.71. The van der Waals surface area contributed by atoms with Crippen molar-refractivity contribution in [3.63, 3.8) is 0 Å². The van der Waals surface area contributed by atoms with E-state index in [-0.39, 0.29) is 6.61 Å². The first-order chi connectivity index (χ1) is 3.31. The molecule has 0 rings (SSSR count). The molecule has 2 nitrogen and oxygen atoms in total. The van der Waals surface area contributed by atoms with Gasteiger partial charge in [0.2, 0.25) is 0 Å². The van der Waals surface area contributed by atoms with E-state index in [4.69, 9.17) is 11.5 Å². The van der Waals surface area contributed by atoms with Crippen LogP contribution in [0.3, 0.4) is 0 Å². The second-order valence-electron chi connectivity index (χ2n) is 1.27. The second-order valence-corrected chi connectivity index (χ2v) is 1.27. The zero-order valence-electron chi connectivity index (χ0n) is 4.39. The van der Waals surface area contributed by atoms with Crippen molar-refractivity contribution in [1.29, 1.82) is 0 Å². The summed E-state index contributed by atoms with van der Waals surface area (Å²) in [7, 11) is 1.75. The molecule has 0 bridgehead atoms. The molecule has 0 amide bonds. The Hall–Kier alpha value is -0.680. The van der Waals surface area contributed by atoms with Gasteiger partial charge < -0.3 is 10.0 Å². The molecule has 0 aromatic rings. The van der Waals surface area contributed by atoms with Crippen LogP contribution in [0.5, 0.6) is 0 Å². The molecule has 1 N–H and O–H groups in total. The Bertz CT molecular complexity index is 74.6. The van der Waals surface area contributed by atoms with E-state index in [0.29, 0.717) is 6.54 Å². The van der Waals surface area contributed by atoms with E-state index in [1.165, 1.54) is 0 Å². The molecule has 0 spiro atoms. The number of terminal acetylenes is 1. The molecule has 0 radical (unpaired) electrons. The fourth-order valence-electron chi connectivity index (χ4n) is 0.215. The summed E-state index contributed by atoms with van der Waals surface area (Å²) in [6.45, 7) is 0.678. The third kappa shape index (κ3) is 3.14. The fourth-order valence-corrected chi connectivity index (χ4v) is 0.215. The van der Waals surface area contributed by atoms with Gasteiger partial charge in [-0.25, -0.2) is 0 Å². The summed E-state index contributed by atoms with van der Waals surface area (Å²) in [4.78, 5) is 1.58. The zero-order valence-corrected chi connectivity index (χ0v) is 4.39. The second kappa shape index (κ2) is 3.51. The highest BCUT2D eigenvalue weighted by molar-refractivity contribution is 4.81. The predicted octanol–water partition coefficient (Wildman–Crippen LogP) is -0.499. The number of aliphatic hydroxyl groups excluding tert-OH is 1. The van der Waals surface area contributed by atoms with Crippen LogP contribution in [0.4, 0.5) is 0 Å². The summed E-state index contributed by atoms with van der Waals surface area (Å²) < 4.78 is 0. The quantitative estimate of drug-likeness (QED) is 0.372. The van der Waals surface area contributed by atoms with Crippen LogP contribution in [0.1, 0.15) is 0 Å². The minimum absolute atomic E-state index is 0.126. The van der Waals surface area contributed by atoms with Gasteiger partial charge in [-0.2, -0.15) is 0 Å². The molecule has 0 aliphatic heterocycles. The van der Waals surface area contributed by atoms with Gasteiger partial charge in [0, 0.05) is 19.6 Å². The summed E-state index contributed by atoms with van der Waals surface area (Å²) in [5, 5.41) is 8.23. The summed E-state index contributed by atoms with van der Waals surface area (Å²) in [6.07, 6.45) is 4.92. The van der Waals surface area contributed by atoms with Crippen LogP contribution in [0.2, 0.25) is 0 Å². The molecule has 0 fully saturated rings. The van der Waals surface area contributed by atoms with Crippen molar-refractivity contribution in [2.45, 2.75) is 0 Å². The Morgan fingerprint density at radius 1 is 1.86 bits per heavy atom. The van der Waals surface area contributed by atoms with E-state index in [9.17, 15) is 0 Å². The van der Waals surface area contributed by atoms with Crippen molar-refractivity contribution >= 4 is 0 Å². The van der Waals surface area contributed by atoms with Gasteiger partial charge in [-0.3, -0.25) is 0 Å². The number of aliphatic hydroxyl groups is 1. The summed E-state index contributed by atoms with van der Waals surface area (Å²) in [6, 6.07) is 2.34. The molecule has 2 heteroatoms. The van der Waals surface area contributed by atoms with E-state index >= 15 is 0 Å². The maximum Gasteiger partial charge on any atom is 0.0613 e. The largest absolute Gasteiger partial charge is 0.395 e. The number of hydrogen-bond acceptors (Lipinski definition) is 2. The SMILES string of the molecule is C#CN(C)CCO. The molecule has 0 saturated heterocycles. The Balaban J connectivity index is 3.04. The van der Waals surface area contributed by atoms with Crippen molar-refractivity contribution in [2.24, 2.45) is 0 Å². The molecule has 0 aliphatic carbocycles. The lowest BCUT2D eigenvalue weighted by atomic mass is 10.6. The molecule has 40 valence electrons. The molecular weight excluding hydrogens is 90.1 g/mol. The third-order valence-corrected chi connectivity index (χ3v) is 0.656. The van der Waals surface area contributed by atoms with Crippen molar-refractivity contribution < 1.29 is 5.11 Å². The molecule has 0 aromatic heterocycles. The third-order valence-electron chi connectivity index (χ3n) is 0.656. The van der Waals surface area contributed by atoms with Gasteiger partial charge in [-0.15, -0.1) is 0 Å². The Labute approximate surface area is 43.8 Å². The van der Waals surface area contributed by atoms with Gasteiger partial charge in [0.05, 0.1) is 6.61 Å². The Morgan fingerprint density at radius 2 is 2.43 bits per heavy atom. The van der Waals surface area contributed by atoms with Gasteiger partial charge >= 0.3 is 0 Å². The highest BCUT2D eigenvalue weighted by Gasteiger charge is 1.82. The number of rotatable bonds is 2. The Morgan fingerprint density at radius 3 is 2.57 bits per heavy atom. The van der Waals surface area contributed by atoms with Gasteiger partial charge in [0.25, 0.3) is 0 Å². The lowest BCUT2D eigenvalue weighted by Gasteiger charge is -2.05. The average molecular weight is 99.1 g/mol. The van der Waals surface area contributed by atoms with Crippen LogP contribution in [0.15, 0.2) is 0 Å². The van der Waals surface area contributed by atoms with Gasteiger partial charge in [-0.1, -0.05) is 6.42 Å².